The van der Waals surface area contributed by atoms with Crippen molar-refractivity contribution >= 4 is 11.8 Å². The predicted molar refractivity (Wildman–Crippen MR) is 115 cm³/mol. The number of rotatable bonds is 5. The fourth-order valence-electron chi connectivity index (χ4n) is 3.65. The summed E-state index contributed by atoms with van der Waals surface area (Å²) in [4.78, 5) is 24.6. The van der Waals surface area contributed by atoms with Crippen LogP contribution < -0.4 is 16.2 Å². The minimum atomic E-state index is -0.460. The van der Waals surface area contributed by atoms with E-state index in [9.17, 15) is 4.39 Å². The first-order chi connectivity index (χ1) is 15.5. The standard InChI is InChI=1S/C22H19FN8O/c23-17-5-12(13-3-14(4-13)18-10-27-20(24)11-26-18)1-2-19(17)32-22-30-8-16(9-31-22)15-6-28-21(25)29-7-15/h1-2,5-11,13-14H,3-4H2,(H2,24,27)(H2,25,28,29). The Morgan fingerprint density at radius 2 is 1.47 bits per heavy atom. The number of aromatic nitrogens is 6. The lowest BCUT2D eigenvalue weighted by Crippen LogP contribution is -2.21. The Labute approximate surface area is 182 Å². The summed E-state index contributed by atoms with van der Waals surface area (Å²) in [7, 11) is 0. The van der Waals surface area contributed by atoms with E-state index in [1.54, 1.807) is 43.2 Å². The van der Waals surface area contributed by atoms with Gasteiger partial charge in [-0.1, -0.05) is 6.07 Å². The zero-order valence-electron chi connectivity index (χ0n) is 16.9. The molecule has 0 aliphatic heterocycles. The molecule has 1 aliphatic carbocycles. The third-order valence-electron chi connectivity index (χ3n) is 5.51. The fraction of sp³-hybridized carbons (Fsp3) is 0.182. The van der Waals surface area contributed by atoms with Gasteiger partial charge in [0.25, 0.3) is 0 Å². The predicted octanol–water partition coefficient (Wildman–Crippen LogP) is 3.48. The van der Waals surface area contributed by atoms with Crippen molar-refractivity contribution in [1.29, 1.82) is 0 Å². The van der Waals surface area contributed by atoms with Crippen LogP contribution in [0.15, 0.2) is 55.4 Å². The Kier molecular flexibility index (Phi) is 5.02. The van der Waals surface area contributed by atoms with E-state index < -0.39 is 5.82 Å². The number of nitrogens with zero attached hydrogens (tertiary/aromatic N) is 6. The molecule has 4 N–H and O–H groups in total. The molecule has 5 rings (SSSR count). The maximum atomic E-state index is 14.7. The van der Waals surface area contributed by atoms with Gasteiger partial charge in [-0.3, -0.25) is 4.98 Å². The van der Waals surface area contributed by atoms with E-state index >= 15 is 0 Å². The molecule has 1 fully saturated rings. The number of nitrogens with two attached hydrogens (primary N) is 2. The van der Waals surface area contributed by atoms with Crippen LogP contribution in [-0.4, -0.2) is 29.9 Å². The van der Waals surface area contributed by atoms with Crippen molar-refractivity contribution < 1.29 is 9.13 Å². The van der Waals surface area contributed by atoms with Crippen LogP contribution in [0.1, 0.15) is 35.9 Å². The Balaban J connectivity index is 1.23. The van der Waals surface area contributed by atoms with Gasteiger partial charge in [-0.15, -0.1) is 0 Å². The van der Waals surface area contributed by atoms with Gasteiger partial charge in [0.2, 0.25) is 5.95 Å². The largest absolute Gasteiger partial charge is 0.421 e. The van der Waals surface area contributed by atoms with Gasteiger partial charge >= 0.3 is 6.01 Å². The van der Waals surface area contributed by atoms with Crippen LogP contribution in [0.25, 0.3) is 11.1 Å². The summed E-state index contributed by atoms with van der Waals surface area (Å²) in [6, 6.07) is 5.02. The molecular weight excluding hydrogens is 411 g/mol. The molecule has 1 saturated carbocycles. The first kappa shape index (κ1) is 19.7. The third kappa shape index (κ3) is 4.02. The summed E-state index contributed by atoms with van der Waals surface area (Å²) in [6.07, 6.45) is 11.3. The molecule has 0 bridgehead atoms. The molecule has 32 heavy (non-hydrogen) atoms. The van der Waals surface area contributed by atoms with E-state index in [0.717, 1.165) is 24.1 Å². The maximum absolute atomic E-state index is 14.7. The third-order valence-corrected chi connectivity index (χ3v) is 5.51. The highest BCUT2D eigenvalue weighted by molar-refractivity contribution is 5.59. The van der Waals surface area contributed by atoms with Crippen LogP contribution >= 0.6 is 0 Å². The highest BCUT2D eigenvalue weighted by Crippen LogP contribution is 2.47. The zero-order chi connectivity index (χ0) is 22.1. The molecular formula is C22H19FN8O. The average molecular weight is 430 g/mol. The second kappa shape index (κ2) is 8.14. The van der Waals surface area contributed by atoms with Crippen molar-refractivity contribution in [2.75, 3.05) is 11.5 Å². The quantitative estimate of drug-likeness (QED) is 0.487. The number of hydrogen-bond acceptors (Lipinski definition) is 9. The van der Waals surface area contributed by atoms with Crippen LogP contribution in [-0.2, 0) is 0 Å². The number of benzene rings is 1. The van der Waals surface area contributed by atoms with Gasteiger partial charge < -0.3 is 16.2 Å². The first-order valence-electron chi connectivity index (χ1n) is 10.00. The average Bonchev–Trinajstić information content (AvgIpc) is 2.77. The van der Waals surface area contributed by atoms with Gasteiger partial charge in [-0.25, -0.2) is 29.3 Å². The number of anilines is 2. The van der Waals surface area contributed by atoms with Gasteiger partial charge in [-0.05, 0) is 36.5 Å². The molecule has 1 aliphatic rings. The highest BCUT2D eigenvalue weighted by atomic mass is 19.1. The number of ether oxygens (including phenoxy) is 1. The van der Waals surface area contributed by atoms with Gasteiger partial charge in [0.1, 0.15) is 5.82 Å². The lowest BCUT2D eigenvalue weighted by molar-refractivity contribution is 0.342. The molecule has 0 unspecified atom stereocenters. The van der Waals surface area contributed by atoms with Crippen molar-refractivity contribution in [2.45, 2.75) is 24.7 Å². The summed E-state index contributed by atoms with van der Waals surface area (Å²) in [5, 5.41) is 0. The summed E-state index contributed by atoms with van der Waals surface area (Å²) >= 11 is 0. The molecule has 3 heterocycles. The van der Waals surface area contributed by atoms with E-state index in [-0.39, 0.29) is 23.6 Å². The molecule has 0 spiro atoms. The molecule has 160 valence electrons. The zero-order valence-corrected chi connectivity index (χ0v) is 16.9. The molecule has 4 aromatic rings. The second-order valence-corrected chi connectivity index (χ2v) is 7.61. The SMILES string of the molecule is Nc1cnc(C2CC(c3ccc(Oc4ncc(-c5cnc(N)nc5)cn4)c(F)c3)C2)cn1. The Morgan fingerprint density at radius 3 is 2.09 bits per heavy atom. The number of nitrogen functional groups attached to an aromatic ring is 2. The lowest BCUT2D eigenvalue weighted by atomic mass is 9.70. The normalized spacial score (nSPS) is 17.5. The van der Waals surface area contributed by atoms with Crippen molar-refractivity contribution in [1.82, 2.24) is 29.9 Å². The van der Waals surface area contributed by atoms with Crippen LogP contribution in [0.4, 0.5) is 16.2 Å². The van der Waals surface area contributed by atoms with Crippen molar-refractivity contribution in [3.8, 4) is 22.9 Å². The van der Waals surface area contributed by atoms with Gasteiger partial charge in [0.15, 0.2) is 11.6 Å². The second-order valence-electron chi connectivity index (χ2n) is 7.61. The molecule has 0 radical (unpaired) electrons. The van der Waals surface area contributed by atoms with Crippen LogP contribution in [0.2, 0.25) is 0 Å². The minimum absolute atomic E-state index is 0.0439. The maximum Gasteiger partial charge on any atom is 0.321 e. The number of hydrogen-bond donors (Lipinski definition) is 2. The van der Waals surface area contributed by atoms with Crippen LogP contribution in [0.5, 0.6) is 11.8 Å². The Morgan fingerprint density at radius 1 is 0.781 bits per heavy atom. The molecule has 0 amide bonds. The van der Waals surface area contributed by atoms with E-state index in [0.29, 0.717) is 22.9 Å². The van der Waals surface area contributed by atoms with Gasteiger partial charge in [0, 0.05) is 41.8 Å². The van der Waals surface area contributed by atoms with Gasteiger partial charge in [0.05, 0.1) is 18.1 Å². The van der Waals surface area contributed by atoms with E-state index in [2.05, 4.69) is 29.9 Å². The summed E-state index contributed by atoms with van der Waals surface area (Å²) in [5.74, 6) is 0.770. The monoisotopic (exact) mass is 430 g/mol. The summed E-state index contributed by atoms with van der Waals surface area (Å²) in [6.45, 7) is 0. The molecule has 10 heteroatoms. The van der Waals surface area contributed by atoms with E-state index in [1.807, 2.05) is 6.07 Å². The fourth-order valence-corrected chi connectivity index (χ4v) is 3.65. The molecule has 3 aromatic heterocycles. The number of halogens is 1. The van der Waals surface area contributed by atoms with Crippen LogP contribution in [0, 0.1) is 5.82 Å². The van der Waals surface area contributed by atoms with Crippen LogP contribution in [0.3, 0.4) is 0 Å². The van der Waals surface area contributed by atoms with E-state index in [1.165, 1.54) is 6.07 Å². The highest BCUT2D eigenvalue weighted by Gasteiger charge is 2.33. The smallest absolute Gasteiger partial charge is 0.321 e. The molecule has 1 aromatic carbocycles. The molecule has 9 nitrogen and oxygen atoms in total. The minimum Gasteiger partial charge on any atom is -0.421 e. The van der Waals surface area contributed by atoms with Crippen molar-refractivity contribution in [2.24, 2.45) is 0 Å². The lowest BCUT2D eigenvalue weighted by Gasteiger charge is -2.35. The van der Waals surface area contributed by atoms with Crippen molar-refractivity contribution in [3.05, 3.63) is 72.5 Å². The topological polar surface area (TPSA) is 139 Å². The Hall–Kier alpha value is -4.21. The molecule has 0 saturated heterocycles. The molecule has 0 atom stereocenters. The summed E-state index contributed by atoms with van der Waals surface area (Å²) < 4.78 is 20.2. The van der Waals surface area contributed by atoms with Gasteiger partial charge in [-0.2, -0.15) is 0 Å². The van der Waals surface area contributed by atoms with E-state index in [4.69, 9.17) is 16.2 Å². The Bertz CT molecular complexity index is 1230. The summed E-state index contributed by atoms with van der Waals surface area (Å²) in [5.41, 5.74) is 14.3. The van der Waals surface area contributed by atoms with Crippen molar-refractivity contribution in [3.63, 3.8) is 0 Å². The first-order valence-corrected chi connectivity index (χ1v) is 10.00.